The summed E-state index contributed by atoms with van der Waals surface area (Å²) in [5.41, 5.74) is 3.21. The van der Waals surface area contributed by atoms with Crippen LogP contribution in [0.1, 0.15) is 16.1 Å². The Morgan fingerprint density at radius 2 is 1.79 bits per heavy atom. The molecule has 0 unspecified atom stereocenters. The first-order chi connectivity index (χ1) is 11.6. The van der Waals surface area contributed by atoms with Gasteiger partial charge in [-0.25, -0.2) is 0 Å². The Kier molecular flexibility index (Phi) is 4.61. The average Bonchev–Trinajstić information content (AvgIpc) is 3.09. The van der Waals surface area contributed by atoms with Gasteiger partial charge in [0.25, 0.3) is 5.91 Å². The molecule has 1 amide bonds. The SMILES string of the molecule is CN(C)C(=O)c1ccccc1NCc1cc(-c2ccccc2)no1. The highest BCUT2D eigenvalue weighted by Crippen LogP contribution is 2.21. The molecule has 0 atom stereocenters. The number of hydrogen-bond acceptors (Lipinski definition) is 4. The number of carbonyl (C=O) groups excluding carboxylic acids is 1. The highest BCUT2D eigenvalue weighted by Gasteiger charge is 2.13. The fourth-order valence-electron chi connectivity index (χ4n) is 2.39. The molecule has 0 spiro atoms. The topological polar surface area (TPSA) is 58.4 Å². The van der Waals surface area contributed by atoms with E-state index in [1.54, 1.807) is 25.1 Å². The van der Waals surface area contributed by atoms with Crippen LogP contribution in [0.5, 0.6) is 0 Å². The van der Waals surface area contributed by atoms with Gasteiger partial charge >= 0.3 is 0 Å². The number of anilines is 1. The summed E-state index contributed by atoms with van der Waals surface area (Å²) < 4.78 is 5.38. The van der Waals surface area contributed by atoms with Crippen molar-refractivity contribution in [2.45, 2.75) is 6.54 Å². The molecule has 0 saturated carbocycles. The van der Waals surface area contributed by atoms with Gasteiger partial charge in [0.2, 0.25) is 0 Å². The van der Waals surface area contributed by atoms with Gasteiger partial charge in [0.15, 0.2) is 5.76 Å². The van der Waals surface area contributed by atoms with Gasteiger partial charge in [0.1, 0.15) is 5.69 Å². The molecule has 1 N–H and O–H groups in total. The number of nitrogens with zero attached hydrogens (tertiary/aromatic N) is 2. The highest BCUT2D eigenvalue weighted by molar-refractivity contribution is 5.99. The molecule has 0 bridgehead atoms. The molecule has 2 aromatic carbocycles. The molecule has 3 rings (SSSR count). The van der Waals surface area contributed by atoms with E-state index in [2.05, 4.69) is 10.5 Å². The third-order valence-electron chi connectivity index (χ3n) is 3.65. The lowest BCUT2D eigenvalue weighted by molar-refractivity contribution is 0.0828. The molecule has 0 radical (unpaired) electrons. The van der Waals surface area contributed by atoms with Crippen LogP contribution in [-0.2, 0) is 6.54 Å². The molecule has 1 aromatic heterocycles. The Morgan fingerprint density at radius 1 is 1.08 bits per heavy atom. The van der Waals surface area contributed by atoms with Crippen LogP contribution in [0.4, 0.5) is 5.69 Å². The summed E-state index contributed by atoms with van der Waals surface area (Å²) in [7, 11) is 3.48. The maximum Gasteiger partial charge on any atom is 0.255 e. The summed E-state index contributed by atoms with van der Waals surface area (Å²) in [6.45, 7) is 0.456. The van der Waals surface area contributed by atoms with Crippen molar-refractivity contribution in [3.63, 3.8) is 0 Å². The second kappa shape index (κ2) is 7.00. The third kappa shape index (κ3) is 3.46. The molecule has 3 aromatic rings. The number of nitrogens with one attached hydrogen (secondary N) is 1. The summed E-state index contributed by atoms with van der Waals surface area (Å²) in [5, 5.41) is 7.34. The lowest BCUT2D eigenvalue weighted by Crippen LogP contribution is -2.22. The second-order valence-corrected chi connectivity index (χ2v) is 5.64. The highest BCUT2D eigenvalue weighted by atomic mass is 16.5. The molecular formula is C19H19N3O2. The van der Waals surface area contributed by atoms with E-state index in [0.29, 0.717) is 17.9 Å². The van der Waals surface area contributed by atoms with E-state index in [4.69, 9.17) is 4.52 Å². The van der Waals surface area contributed by atoms with Crippen LogP contribution in [0, 0.1) is 0 Å². The smallest absolute Gasteiger partial charge is 0.255 e. The first-order valence-corrected chi connectivity index (χ1v) is 7.70. The van der Waals surface area contributed by atoms with Gasteiger partial charge in [0.05, 0.1) is 12.1 Å². The van der Waals surface area contributed by atoms with Crippen molar-refractivity contribution in [3.05, 3.63) is 72.0 Å². The molecular weight excluding hydrogens is 302 g/mol. The van der Waals surface area contributed by atoms with Gasteiger partial charge in [-0.2, -0.15) is 0 Å². The molecule has 5 heteroatoms. The monoisotopic (exact) mass is 321 g/mol. The molecule has 1 heterocycles. The Bertz CT molecular complexity index is 825. The maximum atomic E-state index is 12.2. The molecule has 0 aliphatic rings. The predicted octanol–water partition coefficient (Wildman–Crippen LogP) is 3.66. The number of aromatic nitrogens is 1. The molecule has 0 aliphatic carbocycles. The van der Waals surface area contributed by atoms with E-state index < -0.39 is 0 Å². The fourth-order valence-corrected chi connectivity index (χ4v) is 2.39. The third-order valence-corrected chi connectivity index (χ3v) is 3.65. The number of carbonyl (C=O) groups is 1. The minimum Gasteiger partial charge on any atom is -0.377 e. The lowest BCUT2D eigenvalue weighted by Gasteiger charge is -2.14. The summed E-state index contributed by atoms with van der Waals surface area (Å²) in [5.74, 6) is 0.668. The van der Waals surface area contributed by atoms with E-state index in [-0.39, 0.29) is 5.91 Å². The van der Waals surface area contributed by atoms with Gasteiger partial charge in [0, 0.05) is 31.4 Å². The second-order valence-electron chi connectivity index (χ2n) is 5.64. The zero-order chi connectivity index (χ0) is 16.9. The largest absolute Gasteiger partial charge is 0.377 e. The fraction of sp³-hybridized carbons (Fsp3) is 0.158. The van der Waals surface area contributed by atoms with Gasteiger partial charge < -0.3 is 14.7 Å². The minimum atomic E-state index is -0.0411. The number of para-hydroxylation sites is 1. The predicted molar refractivity (Wildman–Crippen MR) is 93.7 cm³/mol. The van der Waals surface area contributed by atoms with Crippen molar-refractivity contribution in [3.8, 4) is 11.3 Å². The van der Waals surface area contributed by atoms with E-state index >= 15 is 0 Å². The quantitative estimate of drug-likeness (QED) is 0.779. The van der Waals surface area contributed by atoms with Gasteiger partial charge in [-0.15, -0.1) is 0 Å². The Labute approximate surface area is 140 Å². The number of rotatable bonds is 5. The van der Waals surface area contributed by atoms with Gasteiger partial charge in [-0.05, 0) is 12.1 Å². The number of amides is 1. The number of hydrogen-bond donors (Lipinski definition) is 1. The Balaban J connectivity index is 1.73. The zero-order valence-corrected chi connectivity index (χ0v) is 13.7. The summed E-state index contributed by atoms with van der Waals surface area (Å²) in [6.07, 6.45) is 0. The van der Waals surface area contributed by atoms with Gasteiger partial charge in [-0.1, -0.05) is 47.6 Å². The molecule has 122 valence electrons. The van der Waals surface area contributed by atoms with Crippen LogP contribution in [0.3, 0.4) is 0 Å². The van der Waals surface area contributed by atoms with E-state index in [1.165, 1.54) is 0 Å². The number of benzene rings is 2. The van der Waals surface area contributed by atoms with E-state index in [9.17, 15) is 4.79 Å². The first kappa shape index (κ1) is 15.8. The van der Waals surface area contributed by atoms with Crippen molar-refractivity contribution in [1.29, 1.82) is 0 Å². The molecule has 24 heavy (non-hydrogen) atoms. The van der Waals surface area contributed by atoms with E-state index in [1.807, 2.05) is 54.6 Å². The van der Waals surface area contributed by atoms with Crippen LogP contribution in [-0.4, -0.2) is 30.1 Å². The van der Waals surface area contributed by atoms with Crippen LogP contribution in [0.15, 0.2) is 65.2 Å². The van der Waals surface area contributed by atoms with Crippen molar-refractivity contribution in [1.82, 2.24) is 10.1 Å². The summed E-state index contributed by atoms with van der Waals surface area (Å²) in [4.78, 5) is 13.8. The maximum absolute atomic E-state index is 12.2. The Morgan fingerprint density at radius 3 is 2.54 bits per heavy atom. The van der Waals surface area contributed by atoms with Crippen LogP contribution < -0.4 is 5.32 Å². The van der Waals surface area contributed by atoms with Gasteiger partial charge in [-0.3, -0.25) is 4.79 Å². The Hall–Kier alpha value is -3.08. The minimum absolute atomic E-state index is 0.0411. The molecule has 0 saturated heterocycles. The van der Waals surface area contributed by atoms with Crippen LogP contribution in [0.2, 0.25) is 0 Å². The van der Waals surface area contributed by atoms with Crippen molar-refractivity contribution >= 4 is 11.6 Å². The standard InChI is InChI=1S/C19H19N3O2/c1-22(2)19(23)16-10-6-7-11-17(16)20-13-15-12-18(21-24-15)14-8-4-3-5-9-14/h3-12,20H,13H2,1-2H3. The summed E-state index contributed by atoms with van der Waals surface area (Å²) >= 11 is 0. The van der Waals surface area contributed by atoms with Crippen molar-refractivity contribution in [2.24, 2.45) is 0 Å². The summed E-state index contributed by atoms with van der Waals surface area (Å²) in [6, 6.07) is 19.2. The average molecular weight is 321 g/mol. The molecule has 0 aliphatic heterocycles. The van der Waals surface area contributed by atoms with Crippen molar-refractivity contribution in [2.75, 3.05) is 19.4 Å². The van der Waals surface area contributed by atoms with Crippen LogP contribution in [0.25, 0.3) is 11.3 Å². The normalized spacial score (nSPS) is 10.4. The first-order valence-electron chi connectivity index (χ1n) is 7.70. The molecule has 5 nitrogen and oxygen atoms in total. The zero-order valence-electron chi connectivity index (χ0n) is 13.7. The molecule has 0 fully saturated rings. The van der Waals surface area contributed by atoms with Crippen molar-refractivity contribution < 1.29 is 9.32 Å². The lowest BCUT2D eigenvalue weighted by atomic mass is 10.1. The van der Waals surface area contributed by atoms with Crippen LogP contribution >= 0.6 is 0 Å². The van der Waals surface area contributed by atoms with E-state index in [0.717, 1.165) is 16.9 Å².